The molecule has 0 aliphatic carbocycles. The summed E-state index contributed by atoms with van der Waals surface area (Å²) in [5.74, 6) is -1.56. The van der Waals surface area contributed by atoms with E-state index < -0.39 is 35.8 Å². The second-order valence-corrected chi connectivity index (χ2v) is 9.77. The molecule has 204 valence electrons. The molecule has 3 aromatic carbocycles. The molecule has 0 N–H and O–H groups in total. The maximum Gasteiger partial charge on any atom is 0.328 e. The minimum atomic E-state index is -0.985. The van der Waals surface area contributed by atoms with Crippen molar-refractivity contribution < 1.29 is 28.6 Å². The Balaban J connectivity index is 1.74. The molecule has 1 saturated heterocycles. The summed E-state index contributed by atoms with van der Waals surface area (Å²) in [7, 11) is 2.88. The Hall–Kier alpha value is -3.84. The van der Waals surface area contributed by atoms with E-state index in [1.807, 2.05) is 43.3 Å². The molecule has 1 aliphatic heterocycles. The highest BCUT2D eigenvalue weighted by Gasteiger charge is 2.52. The van der Waals surface area contributed by atoms with Crippen molar-refractivity contribution in [2.75, 3.05) is 20.8 Å². The quantitative estimate of drug-likeness (QED) is 0.237. The maximum absolute atomic E-state index is 14.1. The van der Waals surface area contributed by atoms with Crippen LogP contribution < -0.4 is 4.74 Å². The molecule has 3 atom stereocenters. The second kappa shape index (κ2) is 12.8. The van der Waals surface area contributed by atoms with Crippen LogP contribution in [0, 0.1) is 5.92 Å². The number of nitrogens with zero attached hydrogens (tertiary/aromatic N) is 1. The minimum Gasteiger partial charge on any atom is -0.496 e. The lowest BCUT2D eigenvalue weighted by atomic mass is 9.92. The summed E-state index contributed by atoms with van der Waals surface area (Å²) in [5, 5.41) is 0.392. The number of rotatable bonds is 9. The van der Waals surface area contributed by atoms with E-state index in [4.69, 9.17) is 25.8 Å². The Morgan fingerprint density at radius 1 is 0.923 bits per heavy atom. The number of hydrogen-bond donors (Lipinski definition) is 0. The molecule has 0 unspecified atom stereocenters. The summed E-state index contributed by atoms with van der Waals surface area (Å²) >= 11 is 6.58. The van der Waals surface area contributed by atoms with Gasteiger partial charge in [0.1, 0.15) is 11.8 Å². The number of hydrogen-bond acceptors (Lipinski definition) is 6. The molecule has 4 rings (SSSR count). The highest BCUT2D eigenvalue weighted by molar-refractivity contribution is 6.31. The lowest BCUT2D eigenvalue weighted by Gasteiger charge is -2.31. The Kier molecular flexibility index (Phi) is 9.25. The zero-order chi connectivity index (χ0) is 27.9. The van der Waals surface area contributed by atoms with Crippen molar-refractivity contribution in [3.63, 3.8) is 0 Å². The average Bonchev–Trinajstić information content (AvgIpc) is 3.37. The summed E-state index contributed by atoms with van der Waals surface area (Å²) < 4.78 is 16.1. The lowest BCUT2D eigenvalue weighted by Crippen LogP contribution is -2.43. The van der Waals surface area contributed by atoms with Crippen molar-refractivity contribution in [2.45, 2.75) is 38.3 Å². The summed E-state index contributed by atoms with van der Waals surface area (Å²) in [6.45, 7) is 2.27. The van der Waals surface area contributed by atoms with Gasteiger partial charge in [0, 0.05) is 16.1 Å². The molecular formula is C31H32ClNO6. The number of ether oxygens (including phenoxy) is 3. The van der Waals surface area contributed by atoms with Gasteiger partial charge >= 0.3 is 11.9 Å². The van der Waals surface area contributed by atoms with Crippen LogP contribution in [0.1, 0.15) is 48.1 Å². The first kappa shape index (κ1) is 28.2. The predicted octanol–water partition coefficient (Wildman–Crippen LogP) is 6.10. The van der Waals surface area contributed by atoms with Gasteiger partial charge < -0.3 is 19.1 Å². The number of carbonyl (C=O) groups is 3. The first-order valence-corrected chi connectivity index (χ1v) is 13.3. The first-order chi connectivity index (χ1) is 18.9. The van der Waals surface area contributed by atoms with Gasteiger partial charge in [0.2, 0.25) is 0 Å². The SMILES string of the molecule is CCCCOC(=O)[C@H]1C[C@@H](C(=O)OC)N(C(=O)c2ccc(-c3ccccc3OC)cc2)[C@H]1c1ccccc1Cl. The highest BCUT2D eigenvalue weighted by Crippen LogP contribution is 2.45. The third kappa shape index (κ3) is 5.93. The monoisotopic (exact) mass is 549 g/mol. The van der Waals surface area contributed by atoms with E-state index >= 15 is 0 Å². The summed E-state index contributed by atoms with van der Waals surface area (Å²) in [4.78, 5) is 41.7. The lowest BCUT2D eigenvalue weighted by molar-refractivity contribution is -0.149. The van der Waals surface area contributed by atoms with Crippen LogP contribution in [0.4, 0.5) is 0 Å². The zero-order valence-corrected chi connectivity index (χ0v) is 23.0. The van der Waals surface area contributed by atoms with Gasteiger partial charge in [0.05, 0.1) is 32.8 Å². The molecular weight excluding hydrogens is 518 g/mol. The van der Waals surface area contributed by atoms with Crippen molar-refractivity contribution >= 4 is 29.4 Å². The van der Waals surface area contributed by atoms with E-state index in [-0.39, 0.29) is 13.0 Å². The third-order valence-corrected chi connectivity index (χ3v) is 7.36. The number of halogens is 1. The Labute approximate surface area is 233 Å². The van der Waals surface area contributed by atoms with E-state index in [9.17, 15) is 14.4 Å². The van der Waals surface area contributed by atoms with Crippen molar-refractivity contribution in [2.24, 2.45) is 5.92 Å². The molecule has 0 bridgehead atoms. The molecule has 1 heterocycles. The van der Waals surface area contributed by atoms with Gasteiger partial charge in [-0.15, -0.1) is 0 Å². The van der Waals surface area contributed by atoms with Crippen LogP contribution in [-0.2, 0) is 19.1 Å². The number of para-hydroxylation sites is 1. The number of benzene rings is 3. The predicted molar refractivity (Wildman–Crippen MR) is 149 cm³/mol. The molecule has 0 saturated carbocycles. The third-order valence-electron chi connectivity index (χ3n) is 7.02. The topological polar surface area (TPSA) is 82.1 Å². The Morgan fingerprint density at radius 3 is 2.28 bits per heavy atom. The second-order valence-electron chi connectivity index (χ2n) is 9.36. The average molecular weight is 550 g/mol. The number of methoxy groups -OCH3 is 2. The number of esters is 2. The van der Waals surface area contributed by atoms with Crippen LogP contribution in [0.2, 0.25) is 5.02 Å². The Bertz CT molecular complexity index is 1320. The normalized spacial score (nSPS) is 18.5. The van der Waals surface area contributed by atoms with E-state index in [1.54, 1.807) is 43.5 Å². The number of carbonyl (C=O) groups excluding carboxylic acids is 3. The minimum absolute atomic E-state index is 0.0680. The smallest absolute Gasteiger partial charge is 0.328 e. The van der Waals surface area contributed by atoms with Gasteiger partial charge in [-0.1, -0.05) is 73.5 Å². The fraction of sp³-hybridized carbons (Fsp3) is 0.323. The molecule has 8 heteroatoms. The van der Waals surface area contributed by atoms with Crippen molar-refractivity contribution in [3.8, 4) is 16.9 Å². The van der Waals surface area contributed by atoms with Crippen LogP contribution in [0.15, 0.2) is 72.8 Å². The fourth-order valence-corrected chi connectivity index (χ4v) is 5.29. The van der Waals surface area contributed by atoms with Gasteiger partial charge in [0.25, 0.3) is 5.91 Å². The molecule has 39 heavy (non-hydrogen) atoms. The molecule has 0 aromatic heterocycles. The van der Waals surface area contributed by atoms with Gasteiger partial charge in [-0.25, -0.2) is 4.79 Å². The van der Waals surface area contributed by atoms with Crippen molar-refractivity contribution in [1.82, 2.24) is 4.90 Å². The fourth-order valence-electron chi connectivity index (χ4n) is 5.04. The standard InChI is InChI=1S/C31H32ClNO6/c1-4-5-18-39-30(35)24-19-26(31(36)38-3)33(28(24)23-11-6-8-12-25(23)32)29(34)21-16-14-20(15-17-21)22-10-7-9-13-27(22)37-2/h6-17,24,26,28H,4-5,18-19H2,1-3H3/t24-,26-,28-/m0/s1. The largest absolute Gasteiger partial charge is 0.496 e. The number of likely N-dealkylation sites (tertiary alicyclic amines) is 1. The van der Waals surface area contributed by atoms with Crippen LogP contribution in [0.3, 0.4) is 0 Å². The van der Waals surface area contributed by atoms with Gasteiger partial charge in [0.15, 0.2) is 0 Å². The van der Waals surface area contributed by atoms with Crippen molar-refractivity contribution in [1.29, 1.82) is 0 Å². The van der Waals surface area contributed by atoms with Gasteiger partial charge in [-0.2, -0.15) is 0 Å². The summed E-state index contributed by atoms with van der Waals surface area (Å²) in [6.07, 6.45) is 1.65. The Morgan fingerprint density at radius 2 is 1.62 bits per heavy atom. The van der Waals surface area contributed by atoms with Crippen LogP contribution in [0.5, 0.6) is 5.75 Å². The number of amides is 1. The molecule has 1 aliphatic rings. The number of unbranched alkanes of at least 4 members (excludes halogenated alkanes) is 1. The maximum atomic E-state index is 14.1. The van der Waals surface area contributed by atoms with Crippen LogP contribution in [0.25, 0.3) is 11.1 Å². The molecule has 7 nitrogen and oxygen atoms in total. The van der Waals surface area contributed by atoms with Gasteiger partial charge in [-0.3, -0.25) is 9.59 Å². The first-order valence-electron chi connectivity index (χ1n) is 13.0. The van der Waals surface area contributed by atoms with E-state index in [2.05, 4.69) is 0 Å². The van der Waals surface area contributed by atoms with Crippen LogP contribution >= 0.6 is 11.6 Å². The zero-order valence-electron chi connectivity index (χ0n) is 22.3. The highest BCUT2D eigenvalue weighted by atomic mass is 35.5. The van der Waals surface area contributed by atoms with Crippen molar-refractivity contribution in [3.05, 3.63) is 88.9 Å². The van der Waals surface area contributed by atoms with Gasteiger partial charge in [-0.05, 0) is 48.2 Å². The molecule has 0 radical (unpaired) electrons. The summed E-state index contributed by atoms with van der Waals surface area (Å²) in [6, 6.07) is 19.9. The molecule has 3 aromatic rings. The van der Waals surface area contributed by atoms with E-state index in [0.29, 0.717) is 21.9 Å². The van der Waals surface area contributed by atoms with E-state index in [1.165, 1.54) is 12.0 Å². The molecule has 1 amide bonds. The van der Waals surface area contributed by atoms with Crippen LogP contribution in [-0.4, -0.2) is 49.6 Å². The van der Waals surface area contributed by atoms with E-state index in [0.717, 1.165) is 24.0 Å². The molecule has 0 spiro atoms. The summed E-state index contributed by atoms with van der Waals surface area (Å²) in [5.41, 5.74) is 2.69. The molecule has 1 fully saturated rings.